The SMILES string of the molecule is CC[N-]S(=O)(=O)c1ccccc1. The molecule has 1 aromatic rings. The van der Waals surface area contributed by atoms with Crippen LogP contribution in [0.4, 0.5) is 0 Å². The van der Waals surface area contributed by atoms with E-state index in [-0.39, 0.29) is 11.4 Å². The van der Waals surface area contributed by atoms with E-state index in [1.165, 1.54) is 12.1 Å². The van der Waals surface area contributed by atoms with Gasteiger partial charge in [0.15, 0.2) is 0 Å². The molecule has 0 spiro atoms. The molecule has 0 unspecified atom stereocenters. The summed E-state index contributed by atoms with van der Waals surface area (Å²) in [5.41, 5.74) is 0. The van der Waals surface area contributed by atoms with Crippen molar-refractivity contribution in [2.45, 2.75) is 11.8 Å². The van der Waals surface area contributed by atoms with E-state index in [1.807, 2.05) is 0 Å². The van der Waals surface area contributed by atoms with E-state index in [9.17, 15) is 8.42 Å². The minimum atomic E-state index is -3.39. The molecule has 12 heavy (non-hydrogen) atoms. The maximum atomic E-state index is 11.3. The zero-order valence-electron chi connectivity index (χ0n) is 6.77. The lowest BCUT2D eigenvalue weighted by molar-refractivity contribution is 0.602. The van der Waals surface area contributed by atoms with Gasteiger partial charge in [0.1, 0.15) is 10.0 Å². The zero-order chi connectivity index (χ0) is 9.03. The van der Waals surface area contributed by atoms with Crippen LogP contribution in [0, 0.1) is 0 Å². The van der Waals surface area contributed by atoms with Crippen molar-refractivity contribution in [2.75, 3.05) is 6.54 Å². The molecule has 0 saturated carbocycles. The monoisotopic (exact) mass is 184 g/mol. The Balaban J connectivity index is 2.99. The maximum absolute atomic E-state index is 11.3. The number of nitrogens with zero attached hydrogens (tertiary/aromatic N) is 1. The van der Waals surface area contributed by atoms with Gasteiger partial charge in [-0.05, 0) is 12.1 Å². The summed E-state index contributed by atoms with van der Waals surface area (Å²) >= 11 is 0. The summed E-state index contributed by atoms with van der Waals surface area (Å²) in [4.78, 5) is 0.256. The second-order valence-corrected chi connectivity index (χ2v) is 3.91. The molecule has 0 aromatic heterocycles. The van der Waals surface area contributed by atoms with Gasteiger partial charge >= 0.3 is 0 Å². The Kier molecular flexibility index (Phi) is 2.83. The molecule has 0 aliphatic carbocycles. The molecule has 0 amide bonds. The molecule has 0 aliphatic rings. The molecule has 66 valence electrons. The predicted molar refractivity (Wildman–Crippen MR) is 47.5 cm³/mol. The van der Waals surface area contributed by atoms with Crippen LogP contribution in [0.5, 0.6) is 0 Å². The van der Waals surface area contributed by atoms with Gasteiger partial charge in [-0.25, -0.2) is 8.42 Å². The topological polar surface area (TPSA) is 48.2 Å². The van der Waals surface area contributed by atoms with E-state index < -0.39 is 10.0 Å². The molecular formula is C8H10NO2S-. The van der Waals surface area contributed by atoms with Crippen molar-refractivity contribution in [3.05, 3.63) is 35.1 Å². The highest BCUT2D eigenvalue weighted by Gasteiger charge is 1.99. The van der Waals surface area contributed by atoms with Crippen molar-refractivity contribution in [1.82, 2.24) is 0 Å². The highest BCUT2D eigenvalue weighted by molar-refractivity contribution is 7.94. The molecule has 0 fully saturated rings. The third-order valence-electron chi connectivity index (χ3n) is 1.34. The molecule has 1 aromatic carbocycles. The van der Waals surface area contributed by atoms with E-state index in [0.717, 1.165) is 0 Å². The third kappa shape index (κ3) is 2.06. The van der Waals surface area contributed by atoms with Gasteiger partial charge in [-0.1, -0.05) is 25.1 Å². The van der Waals surface area contributed by atoms with Gasteiger partial charge in [0.25, 0.3) is 0 Å². The number of hydrogen-bond acceptors (Lipinski definition) is 2. The lowest BCUT2D eigenvalue weighted by atomic mass is 10.4. The highest BCUT2D eigenvalue weighted by Crippen LogP contribution is 2.14. The Morgan fingerprint density at radius 3 is 2.33 bits per heavy atom. The lowest BCUT2D eigenvalue weighted by Gasteiger charge is -2.16. The summed E-state index contributed by atoms with van der Waals surface area (Å²) in [7, 11) is -3.39. The first-order chi connectivity index (χ1) is 5.67. The average Bonchev–Trinajstić information content (AvgIpc) is 2.06. The lowest BCUT2D eigenvalue weighted by Crippen LogP contribution is -1.98. The summed E-state index contributed by atoms with van der Waals surface area (Å²) in [5.74, 6) is 0. The van der Waals surface area contributed by atoms with E-state index in [1.54, 1.807) is 25.1 Å². The minimum Gasteiger partial charge on any atom is -0.545 e. The van der Waals surface area contributed by atoms with Crippen LogP contribution >= 0.6 is 0 Å². The Morgan fingerprint density at radius 1 is 1.25 bits per heavy atom. The van der Waals surface area contributed by atoms with Gasteiger partial charge in [0.05, 0.1) is 0 Å². The molecule has 4 heteroatoms. The molecule has 0 atom stereocenters. The molecular weight excluding hydrogens is 174 g/mol. The molecule has 0 saturated heterocycles. The number of rotatable bonds is 3. The average molecular weight is 184 g/mol. The quantitative estimate of drug-likeness (QED) is 0.718. The number of hydrogen-bond donors (Lipinski definition) is 0. The van der Waals surface area contributed by atoms with Crippen LogP contribution in [0.25, 0.3) is 4.72 Å². The standard InChI is InChI=1S/C8H10NO2S/c1-2-9-12(10,11)8-6-4-3-5-7-8/h3-7H,2H2,1H3/q-1. The van der Waals surface area contributed by atoms with Gasteiger partial charge in [-0.2, -0.15) is 0 Å². The van der Waals surface area contributed by atoms with Crippen LogP contribution in [0.3, 0.4) is 0 Å². The van der Waals surface area contributed by atoms with E-state index in [0.29, 0.717) is 0 Å². The first-order valence-electron chi connectivity index (χ1n) is 3.65. The van der Waals surface area contributed by atoms with E-state index >= 15 is 0 Å². The van der Waals surface area contributed by atoms with Crippen LogP contribution in [-0.2, 0) is 10.0 Å². The maximum Gasteiger partial charge on any atom is 0.101 e. The smallest absolute Gasteiger partial charge is 0.101 e. The molecule has 1 rings (SSSR count). The Bertz CT molecular complexity index is 331. The van der Waals surface area contributed by atoms with Crippen molar-refractivity contribution >= 4 is 10.0 Å². The van der Waals surface area contributed by atoms with Gasteiger partial charge in [-0.3, -0.25) is 0 Å². The fourth-order valence-electron chi connectivity index (χ4n) is 0.837. The summed E-state index contributed by atoms with van der Waals surface area (Å²) in [5, 5.41) is 0. The van der Waals surface area contributed by atoms with Crippen LogP contribution in [0.2, 0.25) is 0 Å². The fourth-order valence-corrected chi connectivity index (χ4v) is 1.83. The largest absolute Gasteiger partial charge is 0.545 e. The third-order valence-corrected chi connectivity index (χ3v) is 2.81. The molecule has 3 nitrogen and oxygen atoms in total. The second-order valence-electron chi connectivity index (χ2n) is 2.23. The van der Waals surface area contributed by atoms with Crippen molar-refractivity contribution in [1.29, 1.82) is 0 Å². The Labute approximate surface area is 72.5 Å². The van der Waals surface area contributed by atoms with Crippen molar-refractivity contribution in [3.63, 3.8) is 0 Å². The van der Waals surface area contributed by atoms with Gasteiger partial charge in [-0.15, -0.1) is 6.54 Å². The summed E-state index contributed by atoms with van der Waals surface area (Å²) in [6, 6.07) is 8.20. The van der Waals surface area contributed by atoms with Gasteiger partial charge < -0.3 is 4.72 Å². The molecule has 0 radical (unpaired) electrons. The van der Waals surface area contributed by atoms with E-state index in [4.69, 9.17) is 0 Å². The second kappa shape index (κ2) is 3.69. The summed E-state index contributed by atoms with van der Waals surface area (Å²) in [6.07, 6.45) is 0. The highest BCUT2D eigenvalue weighted by atomic mass is 32.2. The van der Waals surface area contributed by atoms with Gasteiger partial charge in [0, 0.05) is 4.90 Å². The molecule has 0 bridgehead atoms. The number of sulfonamides is 1. The zero-order valence-corrected chi connectivity index (χ0v) is 7.58. The predicted octanol–water partition coefficient (Wildman–Crippen LogP) is 1.77. The van der Waals surface area contributed by atoms with Crippen molar-refractivity contribution in [2.24, 2.45) is 0 Å². The van der Waals surface area contributed by atoms with Crippen LogP contribution in [0.1, 0.15) is 6.92 Å². The van der Waals surface area contributed by atoms with E-state index in [2.05, 4.69) is 4.72 Å². The normalized spacial score (nSPS) is 11.4. The summed E-state index contributed by atoms with van der Waals surface area (Å²) in [6.45, 7) is 1.98. The molecule has 0 aliphatic heterocycles. The summed E-state index contributed by atoms with van der Waals surface area (Å²) < 4.78 is 26.0. The Hall–Kier alpha value is -0.870. The van der Waals surface area contributed by atoms with Crippen LogP contribution in [-0.4, -0.2) is 15.0 Å². The van der Waals surface area contributed by atoms with Gasteiger partial charge in [0.2, 0.25) is 0 Å². The first-order valence-corrected chi connectivity index (χ1v) is 5.09. The molecule has 0 N–H and O–H groups in total. The number of benzene rings is 1. The minimum absolute atomic E-state index is 0.256. The van der Waals surface area contributed by atoms with Crippen molar-refractivity contribution < 1.29 is 8.42 Å². The van der Waals surface area contributed by atoms with Crippen LogP contribution in [0.15, 0.2) is 35.2 Å². The molecule has 0 heterocycles. The van der Waals surface area contributed by atoms with Crippen molar-refractivity contribution in [3.8, 4) is 0 Å². The van der Waals surface area contributed by atoms with Crippen LogP contribution < -0.4 is 0 Å². The fraction of sp³-hybridized carbons (Fsp3) is 0.250. The Morgan fingerprint density at radius 2 is 1.83 bits per heavy atom. The first kappa shape index (κ1) is 9.22.